The number of nitrogens with one attached hydrogen (secondary N) is 1. The number of benzene rings is 3. The minimum Gasteiger partial charge on any atom is -0.506 e. The first kappa shape index (κ1) is 21.8. The van der Waals surface area contributed by atoms with Crippen LogP contribution in [0.5, 0.6) is 5.75 Å². The molecular formula is C22H19BrClN3O3. The van der Waals surface area contributed by atoms with Gasteiger partial charge < -0.3 is 10.4 Å². The molecule has 0 atom stereocenters. The lowest BCUT2D eigenvalue weighted by molar-refractivity contribution is -0.384. The molecule has 0 amide bonds. The van der Waals surface area contributed by atoms with E-state index < -0.39 is 4.92 Å². The van der Waals surface area contributed by atoms with Crippen molar-refractivity contribution in [2.75, 3.05) is 18.4 Å². The van der Waals surface area contributed by atoms with Gasteiger partial charge in [-0.05, 0) is 51.7 Å². The lowest BCUT2D eigenvalue weighted by atomic mass is 10.0. The number of nitrogens with zero attached hydrogens (tertiary/aromatic N) is 2. The molecule has 154 valence electrons. The Morgan fingerprint density at radius 1 is 1.13 bits per heavy atom. The van der Waals surface area contributed by atoms with E-state index in [1.54, 1.807) is 12.3 Å². The summed E-state index contributed by atoms with van der Waals surface area (Å²) in [5.41, 5.74) is 3.42. The van der Waals surface area contributed by atoms with Crippen molar-refractivity contribution in [3.05, 3.63) is 97.0 Å². The van der Waals surface area contributed by atoms with Crippen LogP contribution in [-0.2, 0) is 6.42 Å². The third kappa shape index (κ3) is 5.81. The fraction of sp³-hybridized carbons (Fsp3) is 0.136. The van der Waals surface area contributed by atoms with Crippen LogP contribution in [0, 0.1) is 10.1 Å². The van der Waals surface area contributed by atoms with Gasteiger partial charge in [0, 0.05) is 30.5 Å². The molecule has 6 nitrogen and oxygen atoms in total. The first-order valence-electron chi connectivity index (χ1n) is 9.17. The lowest BCUT2D eigenvalue weighted by Gasteiger charge is -2.08. The second-order valence-corrected chi connectivity index (χ2v) is 7.82. The molecule has 3 aromatic rings. The number of non-ortho nitro benzene ring substituents is 1. The zero-order valence-corrected chi connectivity index (χ0v) is 18.2. The summed E-state index contributed by atoms with van der Waals surface area (Å²) in [7, 11) is 0. The number of anilines is 1. The second kappa shape index (κ2) is 10.2. The van der Waals surface area contributed by atoms with Crippen LogP contribution < -0.4 is 5.32 Å². The van der Waals surface area contributed by atoms with Crippen LogP contribution in [0.3, 0.4) is 0 Å². The van der Waals surface area contributed by atoms with Crippen molar-refractivity contribution >= 4 is 45.1 Å². The quantitative estimate of drug-likeness (QED) is 0.180. The Morgan fingerprint density at radius 2 is 1.90 bits per heavy atom. The van der Waals surface area contributed by atoms with Crippen molar-refractivity contribution in [1.82, 2.24) is 0 Å². The molecule has 0 aromatic heterocycles. The number of phenolic OH excluding ortho intramolecular Hbond substituents is 1. The Kier molecular flexibility index (Phi) is 7.43. The molecular weight excluding hydrogens is 470 g/mol. The van der Waals surface area contributed by atoms with Gasteiger partial charge in [0.15, 0.2) is 0 Å². The molecule has 30 heavy (non-hydrogen) atoms. The van der Waals surface area contributed by atoms with Crippen molar-refractivity contribution < 1.29 is 10.0 Å². The molecule has 0 radical (unpaired) electrons. The van der Waals surface area contributed by atoms with E-state index in [-0.39, 0.29) is 16.5 Å². The lowest BCUT2D eigenvalue weighted by Crippen LogP contribution is -2.05. The maximum absolute atomic E-state index is 10.8. The zero-order valence-electron chi connectivity index (χ0n) is 15.9. The van der Waals surface area contributed by atoms with E-state index in [9.17, 15) is 15.2 Å². The van der Waals surface area contributed by atoms with Crippen molar-refractivity contribution in [3.8, 4) is 5.75 Å². The van der Waals surface area contributed by atoms with Gasteiger partial charge in [0.25, 0.3) is 5.69 Å². The van der Waals surface area contributed by atoms with E-state index in [2.05, 4.69) is 38.4 Å². The van der Waals surface area contributed by atoms with E-state index in [0.29, 0.717) is 28.8 Å². The SMILES string of the molecule is O=[N+]([O-])c1ccc(NCCN=Cc2cc(Cc3ccccc3)cc(Br)c2O)c(Cl)c1. The van der Waals surface area contributed by atoms with Gasteiger partial charge in [-0.3, -0.25) is 15.1 Å². The Bertz CT molecular complexity index is 1070. The summed E-state index contributed by atoms with van der Waals surface area (Å²) in [6.45, 7) is 0.924. The summed E-state index contributed by atoms with van der Waals surface area (Å²) in [5, 5.41) is 24.4. The number of aromatic hydroxyl groups is 1. The average molecular weight is 489 g/mol. The van der Waals surface area contributed by atoms with Crippen LogP contribution in [0.15, 0.2) is 70.1 Å². The van der Waals surface area contributed by atoms with Crippen LogP contribution in [0.4, 0.5) is 11.4 Å². The van der Waals surface area contributed by atoms with Gasteiger partial charge in [0.2, 0.25) is 0 Å². The topological polar surface area (TPSA) is 87.8 Å². The first-order valence-corrected chi connectivity index (χ1v) is 10.3. The molecule has 0 aliphatic carbocycles. The molecule has 0 fully saturated rings. The molecule has 0 saturated heterocycles. The monoisotopic (exact) mass is 487 g/mol. The van der Waals surface area contributed by atoms with Crippen LogP contribution in [0.2, 0.25) is 5.02 Å². The summed E-state index contributed by atoms with van der Waals surface area (Å²) in [6, 6.07) is 18.2. The predicted molar refractivity (Wildman–Crippen MR) is 124 cm³/mol. The highest BCUT2D eigenvalue weighted by Crippen LogP contribution is 2.29. The van der Waals surface area contributed by atoms with Gasteiger partial charge in [-0.1, -0.05) is 41.9 Å². The maximum Gasteiger partial charge on any atom is 0.271 e. The van der Waals surface area contributed by atoms with Crippen molar-refractivity contribution in [2.45, 2.75) is 6.42 Å². The molecule has 3 aromatic carbocycles. The summed E-state index contributed by atoms with van der Waals surface area (Å²) < 4.78 is 0.619. The smallest absolute Gasteiger partial charge is 0.271 e. The first-order chi connectivity index (χ1) is 14.4. The van der Waals surface area contributed by atoms with Crippen LogP contribution in [0.25, 0.3) is 0 Å². The van der Waals surface area contributed by atoms with Crippen LogP contribution >= 0.6 is 27.5 Å². The number of hydrogen-bond acceptors (Lipinski definition) is 5. The molecule has 0 aliphatic heterocycles. The van der Waals surface area contributed by atoms with Crippen LogP contribution in [0.1, 0.15) is 16.7 Å². The predicted octanol–water partition coefficient (Wildman–Crippen LogP) is 5.84. The van der Waals surface area contributed by atoms with Gasteiger partial charge in [-0.25, -0.2) is 0 Å². The molecule has 8 heteroatoms. The minimum absolute atomic E-state index is 0.0555. The summed E-state index contributed by atoms with van der Waals surface area (Å²) >= 11 is 9.46. The number of nitro benzene ring substituents is 1. The second-order valence-electron chi connectivity index (χ2n) is 6.56. The Hall–Kier alpha value is -2.90. The van der Waals surface area contributed by atoms with Crippen molar-refractivity contribution in [1.29, 1.82) is 0 Å². The highest BCUT2D eigenvalue weighted by molar-refractivity contribution is 9.10. The summed E-state index contributed by atoms with van der Waals surface area (Å²) in [4.78, 5) is 14.6. The molecule has 0 saturated carbocycles. The zero-order chi connectivity index (χ0) is 21.5. The highest BCUT2D eigenvalue weighted by atomic mass is 79.9. The largest absolute Gasteiger partial charge is 0.506 e. The van der Waals surface area contributed by atoms with E-state index in [1.807, 2.05) is 30.3 Å². The van der Waals surface area contributed by atoms with Crippen LogP contribution in [-0.4, -0.2) is 29.3 Å². The standard InChI is InChI=1S/C22H19BrClN3O3/c23-19-12-16(10-15-4-2-1-3-5-15)11-17(22(19)28)14-25-8-9-26-21-7-6-18(27(29)30)13-20(21)24/h1-7,11-14,26,28H,8-10H2. The van der Waals surface area contributed by atoms with E-state index in [1.165, 1.54) is 17.7 Å². The number of halogens is 2. The molecule has 2 N–H and O–H groups in total. The van der Waals surface area contributed by atoms with Gasteiger partial charge >= 0.3 is 0 Å². The third-order valence-electron chi connectivity index (χ3n) is 4.35. The Labute approximate surface area is 187 Å². The number of hydrogen-bond donors (Lipinski definition) is 2. The molecule has 0 bridgehead atoms. The normalized spacial score (nSPS) is 11.0. The van der Waals surface area contributed by atoms with E-state index in [0.717, 1.165) is 12.0 Å². The number of phenols is 1. The van der Waals surface area contributed by atoms with Crippen molar-refractivity contribution in [3.63, 3.8) is 0 Å². The van der Waals surface area contributed by atoms with Crippen molar-refractivity contribution in [2.24, 2.45) is 4.99 Å². The summed E-state index contributed by atoms with van der Waals surface area (Å²) in [6.07, 6.45) is 2.38. The van der Waals surface area contributed by atoms with Gasteiger partial charge in [-0.15, -0.1) is 0 Å². The third-order valence-corrected chi connectivity index (χ3v) is 5.27. The highest BCUT2D eigenvalue weighted by Gasteiger charge is 2.09. The van der Waals surface area contributed by atoms with E-state index in [4.69, 9.17) is 11.6 Å². The maximum atomic E-state index is 10.8. The molecule has 3 rings (SSSR count). The van der Waals surface area contributed by atoms with Gasteiger partial charge in [0.05, 0.1) is 26.7 Å². The number of rotatable bonds is 8. The number of aliphatic imine (C=N–C) groups is 1. The summed E-state index contributed by atoms with van der Waals surface area (Å²) in [5.74, 6) is 0.141. The molecule has 0 heterocycles. The van der Waals surface area contributed by atoms with Gasteiger partial charge in [0.1, 0.15) is 5.75 Å². The average Bonchev–Trinajstić information content (AvgIpc) is 2.72. The Morgan fingerprint density at radius 3 is 2.60 bits per heavy atom. The molecule has 0 spiro atoms. The Balaban J connectivity index is 1.61. The molecule has 0 unspecified atom stereocenters. The minimum atomic E-state index is -0.490. The number of nitro groups is 1. The fourth-order valence-electron chi connectivity index (χ4n) is 2.89. The molecule has 0 aliphatic rings. The van der Waals surface area contributed by atoms with Gasteiger partial charge in [-0.2, -0.15) is 0 Å². The van der Waals surface area contributed by atoms with E-state index >= 15 is 0 Å². The fourth-order valence-corrected chi connectivity index (χ4v) is 3.65.